The van der Waals surface area contributed by atoms with Crippen LogP contribution in [0.25, 0.3) is 0 Å². The van der Waals surface area contributed by atoms with Crippen molar-refractivity contribution in [3.63, 3.8) is 0 Å². The zero-order chi connectivity index (χ0) is 39.4. The molecule has 3 amide bonds. The predicted molar refractivity (Wildman–Crippen MR) is 176 cm³/mol. The molecule has 0 saturated heterocycles. The first kappa shape index (κ1) is 43.0. The number of carbonyl (C=O) groups excluding carboxylic acids is 4. The number of alkyl halides is 6. The van der Waals surface area contributed by atoms with Gasteiger partial charge in [-0.1, -0.05) is 61.8 Å². The van der Waals surface area contributed by atoms with Crippen molar-refractivity contribution in [2.75, 3.05) is 7.11 Å². The molecular weight excluding hydrogens is 726 g/mol. The van der Waals surface area contributed by atoms with Gasteiger partial charge in [0.15, 0.2) is 0 Å². The molecule has 0 saturated carbocycles. The van der Waals surface area contributed by atoms with Crippen molar-refractivity contribution in [1.82, 2.24) is 16.0 Å². The molecule has 0 fully saturated rings. The van der Waals surface area contributed by atoms with E-state index in [0.717, 1.165) is 5.56 Å². The van der Waals surface area contributed by atoms with Crippen molar-refractivity contribution < 1.29 is 60.2 Å². The summed E-state index contributed by atoms with van der Waals surface area (Å²) in [5, 5.41) is 14.9. The van der Waals surface area contributed by atoms with Gasteiger partial charge in [-0.15, -0.1) is 0 Å². The van der Waals surface area contributed by atoms with Crippen molar-refractivity contribution in [2.45, 2.75) is 57.3 Å². The summed E-state index contributed by atoms with van der Waals surface area (Å²) >= 11 is 6.13. The van der Waals surface area contributed by atoms with E-state index in [0.29, 0.717) is 16.3 Å². The van der Waals surface area contributed by atoms with Gasteiger partial charge in [0, 0.05) is 23.6 Å². The van der Waals surface area contributed by atoms with Crippen LogP contribution in [0, 0.1) is 5.92 Å². The largest absolute Gasteiger partial charge is 0.497 e. The Labute approximate surface area is 298 Å². The van der Waals surface area contributed by atoms with E-state index in [-0.39, 0.29) is 24.1 Å². The second-order valence-electron chi connectivity index (χ2n) is 11.4. The van der Waals surface area contributed by atoms with Gasteiger partial charge in [-0.05, 0) is 59.0 Å². The number of ketones is 1. The number of rotatable bonds is 13. The maximum absolute atomic E-state index is 13.8. The van der Waals surface area contributed by atoms with E-state index in [2.05, 4.69) is 16.0 Å². The van der Waals surface area contributed by atoms with Crippen LogP contribution in [0.5, 0.6) is 5.75 Å². The zero-order valence-corrected chi connectivity index (χ0v) is 28.5. The zero-order valence-electron chi connectivity index (χ0n) is 27.8. The van der Waals surface area contributed by atoms with Crippen LogP contribution in [0.15, 0.2) is 72.8 Å². The number of aliphatic carboxylic acids is 1. The molecule has 3 aromatic carbocycles. The standard InChI is InChI=1S/C32H34ClF3N4O5.C2HF3O2/c1-18(2)26(28(41)32(34,35)36)39-31(44)27(21-11-13-24(45-3)14-12-21)40-30(43)25(16-20-5-4-6-23(33)15-20)38-29(42)22-9-7-19(17-37)8-10-22;3-2(4,5)1(6)7/h4-15,18,25-27H,16-17,37H2,1-3H3,(H,38,42)(H,39,44)(H,40,43);(H,6,7). The van der Waals surface area contributed by atoms with Crippen LogP contribution in [0.3, 0.4) is 0 Å². The molecule has 18 heteroatoms. The SMILES string of the molecule is COc1ccc(C(NC(=O)C(Cc2cccc(Cl)c2)NC(=O)c2ccc(CN)cc2)C(=O)NC(C(=O)C(F)(F)F)C(C)C)cc1.O=C(O)C(F)(F)F. The van der Waals surface area contributed by atoms with Gasteiger partial charge < -0.3 is 31.5 Å². The average Bonchev–Trinajstić information content (AvgIpc) is 3.08. The summed E-state index contributed by atoms with van der Waals surface area (Å²) < 4.78 is 76.9. The number of hydrogen-bond donors (Lipinski definition) is 5. The van der Waals surface area contributed by atoms with Crippen molar-refractivity contribution >= 4 is 41.1 Å². The van der Waals surface area contributed by atoms with Gasteiger partial charge in [-0.3, -0.25) is 19.2 Å². The van der Waals surface area contributed by atoms with E-state index in [1.807, 2.05) is 0 Å². The Morgan fingerprint density at radius 2 is 1.38 bits per heavy atom. The minimum Gasteiger partial charge on any atom is -0.497 e. The number of carboxylic acids is 1. The lowest BCUT2D eigenvalue weighted by atomic mass is 9.97. The smallest absolute Gasteiger partial charge is 0.490 e. The van der Waals surface area contributed by atoms with Crippen molar-refractivity contribution in [3.05, 3.63) is 100 Å². The van der Waals surface area contributed by atoms with Gasteiger partial charge in [0.1, 0.15) is 17.8 Å². The monoisotopic (exact) mass is 760 g/mol. The number of methoxy groups -OCH3 is 1. The molecule has 3 unspecified atom stereocenters. The molecule has 0 radical (unpaired) electrons. The molecule has 3 atom stereocenters. The lowest BCUT2D eigenvalue weighted by Gasteiger charge is -2.27. The molecule has 52 heavy (non-hydrogen) atoms. The number of nitrogens with two attached hydrogens (primary N) is 1. The summed E-state index contributed by atoms with van der Waals surface area (Å²) in [4.78, 5) is 61.5. The normalized spacial score (nSPS) is 13.1. The van der Waals surface area contributed by atoms with Crippen LogP contribution in [-0.4, -0.2) is 66.1 Å². The van der Waals surface area contributed by atoms with Gasteiger partial charge in [0.05, 0.1) is 13.2 Å². The fourth-order valence-electron chi connectivity index (χ4n) is 4.43. The second-order valence-corrected chi connectivity index (χ2v) is 11.8. The van der Waals surface area contributed by atoms with Crippen LogP contribution in [0.2, 0.25) is 5.02 Å². The average molecular weight is 761 g/mol. The highest BCUT2D eigenvalue weighted by atomic mass is 35.5. The van der Waals surface area contributed by atoms with Gasteiger partial charge >= 0.3 is 18.3 Å². The second kappa shape index (κ2) is 18.9. The highest BCUT2D eigenvalue weighted by Crippen LogP contribution is 2.24. The summed E-state index contributed by atoms with van der Waals surface area (Å²) in [5.74, 6) is -7.86. The Kier molecular flexibility index (Phi) is 15.6. The number of ether oxygens (including phenoxy) is 1. The lowest BCUT2D eigenvalue weighted by molar-refractivity contribution is -0.192. The number of benzene rings is 3. The Morgan fingerprint density at radius 1 is 0.808 bits per heavy atom. The van der Waals surface area contributed by atoms with Crippen LogP contribution >= 0.6 is 11.6 Å². The first-order valence-corrected chi connectivity index (χ1v) is 15.6. The van der Waals surface area contributed by atoms with Gasteiger partial charge in [0.2, 0.25) is 11.8 Å². The fourth-order valence-corrected chi connectivity index (χ4v) is 4.64. The van der Waals surface area contributed by atoms with E-state index in [4.69, 9.17) is 32.0 Å². The summed E-state index contributed by atoms with van der Waals surface area (Å²) in [6.07, 6.45) is -10.3. The van der Waals surface area contributed by atoms with Crippen molar-refractivity contribution in [3.8, 4) is 5.75 Å². The molecule has 11 nitrogen and oxygen atoms in total. The molecule has 0 bridgehead atoms. The number of carboxylic acid groups (broad SMARTS) is 1. The fraction of sp³-hybridized carbons (Fsp3) is 0.324. The Hall–Kier alpha value is -5.16. The third kappa shape index (κ3) is 13.2. The Morgan fingerprint density at radius 3 is 1.85 bits per heavy atom. The number of Topliss-reactive ketones (excluding diaryl/α,β-unsaturated/α-hetero) is 1. The van der Waals surface area contributed by atoms with Gasteiger partial charge in [-0.2, -0.15) is 26.3 Å². The first-order valence-electron chi connectivity index (χ1n) is 15.2. The van der Waals surface area contributed by atoms with Crippen LogP contribution in [0.4, 0.5) is 26.3 Å². The summed E-state index contributed by atoms with van der Waals surface area (Å²) in [6.45, 7) is 2.97. The van der Waals surface area contributed by atoms with Crippen molar-refractivity contribution in [1.29, 1.82) is 0 Å². The number of halogens is 7. The Balaban J connectivity index is 0.00000121. The third-order valence-electron chi connectivity index (χ3n) is 7.17. The summed E-state index contributed by atoms with van der Waals surface area (Å²) in [7, 11) is 1.42. The van der Waals surface area contributed by atoms with E-state index in [1.54, 1.807) is 48.5 Å². The lowest BCUT2D eigenvalue weighted by Crippen LogP contribution is -2.55. The molecule has 282 valence electrons. The molecule has 0 aliphatic carbocycles. The highest BCUT2D eigenvalue weighted by molar-refractivity contribution is 6.30. The Bertz CT molecular complexity index is 1700. The third-order valence-corrected chi connectivity index (χ3v) is 7.40. The maximum Gasteiger partial charge on any atom is 0.490 e. The van der Waals surface area contributed by atoms with E-state index >= 15 is 0 Å². The quantitative estimate of drug-likeness (QED) is 0.153. The molecule has 0 heterocycles. The number of carbonyl (C=O) groups is 5. The minimum absolute atomic E-state index is 0.0445. The van der Waals surface area contributed by atoms with Crippen LogP contribution in [0.1, 0.15) is 46.9 Å². The van der Waals surface area contributed by atoms with Crippen LogP contribution < -0.4 is 26.4 Å². The number of hydrogen-bond acceptors (Lipinski definition) is 7. The molecule has 0 aliphatic rings. The predicted octanol–water partition coefficient (Wildman–Crippen LogP) is 4.91. The molecule has 0 spiro atoms. The molecule has 6 N–H and O–H groups in total. The molecular formula is C34H35ClF6N4O7. The van der Waals surface area contributed by atoms with Gasteiger partial charge in [-0.25, -0.2) is 4.79 Å². The van der Waals surface area contributed by atoms with E-state index in [9.17, 15) is 45.5 Å². The maximum atomic E-state index is 13.8. The molecule has 0 aromatic heterocycles. The number of nitrogens with one attached hydrogen (secondary N) is 3. The van der Waals surface area contributed by atoms with Crippen molar-refractivity contribution in [2.24, 2.45) is 11.7 Å². The topological polar surface area (TPSA) is 177 Å². The van der Waals surface area contributed by atoms with Crippen LogP contribution in [-0.2, 0) is 32.1 Å². The summed E-state index contributed by atoms with van der Waals surface area (Å²) in [5.41, 5.74) is 7.44. The molecule has 0 aliphatic heterocycles. The summed E-state index contributed by atoms with van der Waals surface area (Å²) in [6, 6.07) is 14.2. The van der Waals surface area contributed by atoms with E-state index < -0.39 is 65.9 Å². The minimum atomic E-state index is -5.20. The van der Waals surface area contributed by atoms with E-state index in [1.165, 1.54) is 45.2 Å². The first-order chi connectivity index (χ1) is 24.2. The molecule has 3 aromatic rings. The molecule has 3 rings (SSSR count). The van der Waals surface area contributed by atoms with Gasteiger partial charge in [0.25, 0.3) is 11.7 Å². The highest BCUT2D eigenvalue weighted by Gasteiger charge is 2.45. The number of amides is 3.